The monoisotopic (exact) mass is 251 g/mol. The van der Waals surface area contributed by atoms with Gasteiger partial charge < -0.3 is 14.8 Å². The summed E-state index contributed by atoms with van der Waals surface area (Å²) in [4.78, 5) is 2.46. The van der Waals surface area contributed by atoms with E-state index in [0.717, 1.165) is 32.7 Å². The van der Waals surface area contributed by atoms with E-state index in [1.165, 1.54) is 12.0 Å². The summed E-state index contributed by atoms with van der Waals surface area (Å²) in [5, 5.41) is 3.53. The third-order valence-corrected chi connectivity index (χ3v) is 3.54. The summed E-state index contributed by atoms with van der Waals surface area (Å²) in [6.07, 6.45) is 5.66. The fourth-order valence-electron chi connectivity index (χ4n) is 2.13. The summed E-state index contributed by atoms with van der Waals surface area (Å²) in [5.74, 6) is 0. The van der Waals surface area contributed by atoms with Gasteiger partial charge >= 0.3 is 0 Å². The zero-order chi connectivity index (χ0) is 13.4. The van der Waals surface area contributed by atoms with Crippen LogP contribution in [0.1, 0.15) is 45.7 Å². The molecule has 1 N–H and O–H groups in total. The average molecular weight is 251 g/mol. The molecule has 0 aromatic carbocycles. The molecule has 104 valence electrons. The third kappa shape index (κ3) is 4.83. The smallest absolute Gasteiger partial charge is 0.0347 e. The van der Waals surface area contributed by atoms with Gasteiger partial charge in [0.15, 0.2) is 0 Å². The number of nitrogens with zero attached hydrogens (tertiary/aromatic N) is 2. The summed E-state index contributed by atoms with van der Waals surface area (Å²) >= 11 is 0. The van der Waals surface area contributed by atoms with Crippen molar-refractivity contribution < 1.29 is 0 Å². The Labute approximate surface area is 112 Å². The lowest BCUT2D eigenvalue weighted by atomic mass is 10.2. The van der Waals surface area contributed by atoms with E-state index in [9.17, 15) is 0 Å². The maximum Gasteiger partial charge on any atom is 0.0347 e. The molecule has 18 heavy (non-hydrogen) atoms. The minimum Gasteiger partial charge on any atom is -0.353 e. The summed E-state index contributed by atoms with van der Waals surface area (Å²) in [7, 11) is 0. The molecule has 0 spiro atoms. The molecule has 0 radical (unpaired) electrons. The first-order chi connectivity index (χ1) is 8.71. The predicted octanol–water partition coefficient (Wildman–Crippen LogP) is 2.89. The van der Waals surface area contributed by atoms with Gasteiger partial charge in [0.2, 0.25) is 0 Å². The first-order valence-electron chi connectivity index (χ1n) is 7.32. The topological polar surface area (TPSA) is 20.2 Å². The second-order valence-corrected chi connectivity index (χ2v) is 4.89. The molecule has 0 aliphatic heterocycles. The van der Waals surface area contributed by atoms with Crippen molar-refractivity contribution in [3.63, 3.8) is 0 Å². The Balaban J connectivity index is 2.42. The Morgan fingerprint density at radius 2 is 2.00 bits per heavy atom. The number of aromatic nitrogens is 1. The van der Waals surface area contributed by atoms with Crippen molar-refractivity contribution >= 4 is 0 Å². The summed E-state index contributed by atoms with van der Waals surface area (Å²) < 4.78 is 2.30. The highest BCUT2D eigenvalue weighted by atomic mass is 15.1. The van der Waals surface area contributed by atoms with Crippen molar-refractivity contribution in [2.75, 3.05) is 26.2 Å². The first kappa shape index (κ1) is 15.3. The zero-order valence-corrected chi connectivity index (χ0v) is 12.4. The molecular formula is C15H29N3. The van der Waals surface area contributed by atoms with Gasteiger partial charge in [-0.1, -0.05) is 20.8 Å². The Morgan fingerprint density at radius 3 is 2.61 bits per heavy atom. The van der Waals surface area contributed by atoms with Crippen LogP contribution in [0.4, 0.5) is 0 Å². The van der Waals surface area contributed by atoms with E-state index in [1.54, 1.807) is 0 Å². The van der Waals surface area contributed by atoms with Crippen LogP contribution in [-0.4, -0.2) is 35.6 Å². The second-order valence-electron chi connectivity index (χ2n) is 4.89. The lowest BCUT2D eigenvalue weighted by molar-refractivity contribution is 0.290. The average Bonchev–Trinajstić information content (AvgIpc) is 2.86. The minimum absolute atomic E-state index is 0.458. The standard InChI is InChI=1S/C15H29N3/c1-5-9-16-14(4)15-8-10-18(13-15)12-11-17(6-2)7-3/h8,10,13-14,16H,5-7,9,11-12H2,1-4H3. The maximum absolute atomic E-state index is 3.53. The fraction of sp³-hybridized carbons (Fsp3) is 0.733. The number of hydrogen-bond acceptors (Lipinski definition) is 2. The third-order valence-electron chi connectivity index (χ3n) is 3.54. The number of likely N-dealkylation sites (N-methyl/N-ethyl adjacent to an activating group) is 1. The van der Waals surface area contributed by atoms with Crippen LogP contribution >= 0.6 is 0 Å². The van der Waals surface area contributed by atoms with E-state index in [1.807, 2.05) is 0 Å². The van der Waals surface area contributed by atoms with Crippen LogP contribution in [0.3, 0.4) is 0 Å². The highest BCUT2D eigenvalue weighted by molar-refractivity contribution is 5.14. The van der Waals surface area contributed by atoms with Gasteiger partial charge in [0.25, 0.3) is 0 Å². The van der Waals surface area contributed by atoms with Crippen LogP contribution in [0.15, 0.2) is 18.5 Å². The normalized spacial score (nSPS) is 13.2. The van der Waals surface area contributed by atoms with Gasteiger partial charge in [0.05, 0.1) is 0 Å². The Hall–Kier alpha value is -0.800. The lowest BCUT2D eigenvalue weighted by Crippen LogP contribution is -2.26. The first-order valence-corrected chi connectivity index (χ1v) is 7.32. The predicted molar refractivity (Wildman–Crippen MR) is 78.9 cm³/mol. The van der Waals surface area contributed by atoms with Crippen LogP contribution in [0.5, 0.6) is 0 Å². The molecule has 0 aliphatic rings. The van der Waals surface area contributed by atoms with Gasteiger partial charge in [-0.15, -0.1) is 0 Å². The molecule has 3 heteroatoms. The Kier molecular flexibility index (Phi) is 7.06. The van der Waals surface area contributed by atoms with Gasteiger partial charge in [-0.05, 0) is 44.6 Å². The molecular weight excluding hydrogens is 222 g/mol. The highest BCUT2D eigenvalue weighted by Crippen LogP contribution is 2.12. The van der Waals surface area contributed by atoms with E-state index in [2.05, 4.69) is 60.9 Å². The molecule has 3 nitrogen and oxygen atoms in total. The van der Waals surface area contributed by atoms with Gasteiger partial charge in [0.1, 0.15) is 0 Å². The molecule has 1 unspecified atom stereocenters. The van der Waals surface area contributed by atoms with Crippen LogP contribution in [-0.2, 0) is 6.54 Å². The zero-order valence-electron chi connectivity index (χ0n) is 12.4. The molecule has 1 heterocycles. The number of nitrogens with one attached hydrogen (secondary N) is 1. The van der Waals surface area contributed by atoms with E-state index in [0.29, 0.717) is 6.04 Å². The summed E-state index contributed by atoms with van der Waals surface area (Å²) in [6.45, 7) is 14.5. The second kappa shape index (κ2) is 8.33. The van der Waals surface area contributed by atoms with Gasteiger partial charge in [-0.25, -0.2) is 0 Å². The molecule has 1 aromatic rings. The van der Waals surface area contributed by atoms with Gasteiger partial charge in [-0.3, -0.25) is 0 Å². The molecule has 0 amide bonds. The summed E-state index contributed by atoms with van der Waals surface area (Å²) in [6, 6.07) is 2.69. The highest BCUT2D eigenvalue weighted by Gasteiger charge is 2.06. The Morgan fingerprint density at radius 1 is 1.28 bits per heavy atom. The van der Waals surface area contributed by atoms with Gasteiger partial charge in [0, 0.05) is 31.5 Å². The van der Waals surface area contributed by atoms with Crippen LogP contribution in [0, 0.1) is 0 Å². The van der Waals surface area contributed by atoms with Crippen LogP contribution in [0.25, 0.3) is 0 Å². The molecule has 0 fully saturated rings. The quantitative estimate of drug-likeness (QED) is 0.728. The van der Waals surface area contributed by atoms with Crippen molar-refractivity contribution in [2.24, 2.45) is 0 Å². The molecule has 0 saturated heterocycles. The molecule has 1 rings (SSSR count). The van der Waals surface area contributed by atoms with E-state index in [4.69, 9.17) is 0 Å². The van der Waals surface area contributed by atoms with Crippen LogP contribution in [0.2, 0.25) is 0 Å². The fourth-order valence-corrected chi connectivity index (χ4v) is 2.13. The molecule has 1 aromatic heterocycles. The number of hydrogen-bond donors (Lipinski definition) is 1. The van der Waals surface area contributed by atoms with Crippen molar-refractivity contribution in [3.05, 3.63) is 24.0 Å². The van der Waals surface area contributed by atoms with E-state index >= 15 is 0 Å². The molecule has 1 atom stereocenters. The SMILES string of the molecule is CCCNC(C)c1ccn(CCN(CC)CC)c1. The molecule has 0 saturated carbocycles. The molecule has 0 bridgehead atoms. The largest absolute Gasteiger partial charge is 0.353 e. The van der Waals surface area contributed by atoms with Gasteiger partial charge in [-0.2, -0.15) is 0 Å². The number of rotatable bonds is 9. The van der Waals surface area contributed by atoms with Crippen molar-refractivity contribution in [3.8, 4) is 0 Å². The van der Waals surface area contributed by atoms with E-state index in [-0.39, 0.29) is 0 Å². The van der Waals surface area contributed by atoms with Crippen LogP contribution < -0.4 is 5.32 Å². The minimum atomic E-state index is 0.458. The van der Waals surface area contributed by atoms with E-state index < -0.39 is 0 Å². The van der Waals surface area contributed by atoms with Crippen molar-refractivity contribution in [2.45, 2.75) is 46.7 Å². The maximum atomic E-state index is 3.53. The van der Waals surface area contributed by atoms with Crippen molar-refractivity contribution in [1.29, 1.82) is 0 Å². The molecule has 0 aliphatic carbocycles. The lowest BCUT2D eigenvalue weighted by Gasteiger charge is -2.18. The summed E-state index contributed by atoms with van der Waals surface area (Å²) in [5.41, 5.74) is 1.39. The van der Waals surface area contributed by atoms with Crippen molar-refractivity contribution in [1.82, 2.24) is 14.8 Å². The Bertz CT molecular complexity index is 315.